The van der Waals surface area contributed by atoms with Crippen molar-refractivity contribution in [3.8, 4) is 0 Å². The van der Waals surface area contributed by atoms with E-state index < -0.39 is 6.09 Å². The summed E-state index contributed by atoms with van der Waals surface area (Å²) in [5.41, 5.74) is 0.684. The molecule has 0 bridgehead atoms. The van der Waals surface area contributed by atoms with Gasteiger partial charge in [0.15, 0.2) is 0 Å². The molecule has 0 saturated carbocycles. The molecular formula is C14H18INO4. The Morgan fingerprint density at radius 2 is 2.05 bits per heavy atom. The average molecular weight is 391 g/mol. The van der Waals surface area contributed by atoms with Gasteiger partial charge in [0.25, 0.3) is 0 Å². The fourth-order valence-electron chi connectivity index (χ4n) is 1.39. The molecule has 0 fully saturated rings. The highest BCUT2D eigenvalue weighted by atomic mass is 127. The van der Waals surface area contributed by atoms with Crippen LogP contribution in [0.3, 0.4) is 0 Å². The first kappa shape index (κ1) is 16.7. The molecule has 0 radical (unpaired) electrons. The summed E-state index contributed by atoms with van der Waals surface area (Å²) < 4.78 is 10.9. The number of esters is 1. The van der Waals surface area contributed by atoms with E-state index in [1.807, 2.05) is 25.1 Å². The van der Waals surface area contributed by atoms with Crippen LogP contribution >= 0.6 is 22.6 Å². The van der Waals surface area contributed by atoms with E-state index in [0.717, 1.165) is 9.99 Å². The SMILES string of the molecule is CCCOC(=O)CCCOC(=O)Nc1cccc(I)c1. The second-order valence-corrected chi connectivity index (χ2v) is 5.34. The zero-order valence-corrected chi connectivity index (χ0v) is 13.5. The van der Waals surface area contributed by atoms with Crippen LogP contribution in [0, 0.1) is 3.57 Å². The molecular weight excluding hydrogens is 373 g/mol. The Kier molecular flexibility index (Phi) is 8.01. The fourth-order valence-corrected chi connectivity index (χ4v) is 1.93. The van der Waals surface area contributed by atoms with Crippen molar-refractivity contribution in [3.63, 3.8) is 0 Å². The molecule has 0 saturated heterocycles. The number of amides is 1. The molecule has 1 aromatic rings. The Morgan fingerprint density at radius 3 is 2.75 bits per heavy atom. The number of ether oxygens (including phenoxy) is 2. The van der Waals surface area contributed by atoms with Crippen molar-refractivity contribution in [1.82, 2.24) is 0 Å². The number of benzene rings is 1. The number of hydrogen-bond acceptors (Lipinski definition) is 4. The van der Waals surface area contributed by atoms with Crippen molar-refractivity contribution >= 4 is 40.3 Å². The van der Waals surface area contributed by atoms with E-state index in [1.165, 1.54) is 0 Å². The minimum atomic E-state index is -0.520. The van der Waals surface area contributed by atoms with Crippen LogP contribution in [0.4, 0.5) is 10.5 Å². The quantitative estimate of drug-likeness (QED) is 0.439. The lowest BCUT2D eigenvalue weighted by Crippen LogP contribution is -2.15. The predicted octanol–water partition coefficient (Wildman–Crippen LogP) is 3.57. The van der Waals surface area contributed by atoms with Crippen molar-refractivity contribution in [1.29, 1.82) is 0 Å². The molecule has 0 unspecified atom stereocenters. The van der Waals surface area contributed by atoms with Gasteiger partial charge in [-0.3, -0.25) is 10.1 Å². The summed E-state index contributed by atoms with van der Waals surface area (Å²) in [7, 11) is 0. The minimum Gasteiger partial charge on any atom is -0.466 e. The van der Waals surface area contributed by atoms with Crippen LogP contribution < -0.4 is 5.32 Å². The van der Waals surface area contributed by atoms with E-state index in [2.05, 4.69) is 27.9 Å². The molecule has 0 aliphatic carbocycles. The Labute approximate surface area is 132 Å². The third kappa shape index (κ3) is 7.32. The molecule has 0 aromatic heterocycles. The van der Waals surface area contributed by atoms with E-state index in [0.29, 0.717) is 18.7 Å². The maximum absolute atomic E-state index is 11.5. The fraction of sp³-hybridized carbons (Fsp3) is 0.429. The molecule has 0 heterocycles. The first-order valence-electron chi connectivity index (χ1n) is 6.46. The van der Waals surface area contributed by atoms with Gasteiger partial charge in [0.05, 0.1) is 13.2 Å². The third-order valence-electron chi connectivity index (χ3n) is 2.30. The topological polar surface area (TPSA) is 64.6 Å². The first-order valence-corrected chi connectivity index (χ1v) is 7.54. The van der Waals surface area contributed by atoms with Crippen LogP contribution in [-0.2, 0) is 14.3 Å². The number of halogens is 1. The lowest BCUT2D eigenvalue weighted by Gasteiger charge is -2.07. The standard InChI is InChI=1S/C14H18INO4/c1-2-8-19-13(17)7-4-9-20-14(18)16-12-6-3-5-11(15)10-12/h3,5-6,10H,2,4,7-9H2,1H3,(H,16,18). The van der Waals surface area contributed by atoms with Gasteiger partial charge in [-0.15, -0.1) is 0 Å². The summed E-state index contributed by atoms with van der Waals surface area (Å²) in [4.78, 5) is 22.7. The highest BCUT2D eigenvalue weighted by Crippen LogP contribution is 2.12. The molecule has 1 N–H and O–H groups in total. The van der Waals surface area contributed by atoms with Gasteiger partial charge in [0.2, 0.25) is 0 Å². The Balaban J connectivity index is 2.16. The molecule has 5 nitrogen and oxygen atoms in total. The van der Waals surface area contributed by atoms with Crippen LogP contribution in [0.15, 0.2) is 24.3 Å². The summed E-state index contributed by atoms with van der Waals surface area (Å²) in [6.45, 7) is 2.56. The van der Waals surface area contributed by atoms with Gasteiger partial charge in [0, 0.05) is 15.7 Å². The van der Waals surface area contributed by atoms with Crippen molar-refractivity contribution in [3.05, 3.63) is 27.8 Å². The second kappa shape index (κ2) is 9.57. The number of hydrogen-bond donors (Lipinski definition) is 1. The predicted molar refractivity (Wildman–Crippen MR) is 84.6 cm³/mol. The molecule has 0 atom stereocenters. The normalized spacial score (nSPS) is 9.90. The smallest absolute Gasteiger partial charge is 0.411 e. The van der Waals surface area contributed by atoms with E-state index in [-0.39, 0.29) is 19.0 Å². The highest BCUT2D eigenvalue weighted by Gasteiger charge is 2.05. The Bertz CT molecular complexity index is 451. The lowest BCUT2D eigenvalue weighted by molar-refractivity contribution is -0.143. The summed E-state index contributed by atoms with van der Waals surface area (Å²) in [5.74, 6) is -0.256. The van der Waals surface area contributed by atoms with Gasteiger partial charge in [-0.1, -0.05) is 13.0 Å². The first-order chi connectivity index (χ1) is 9.61. The molecule has 0 aliphatic rings. The number of carbonyl (C=O) groups excluding carboxylic acids is 2. The number of nitrogens with one attached hydrogen (secondary N) is 1. The molecule has 0 spiro atoms. The van der Waals surface area contributed by atoms with E-state index in [9.17, 15) is 9.59 Å². The molecule has 1 amide bonds. The van der Waals surface area contributed by atoms with Gasteiger partial charge in [-0.25, -0.2) is 4.79 Å². The molecule has 110 valence electrons. The van der Waals surface area contributed by atoms with Gasteiger partial charge in [-0.2, -0.15) is 0 Å². The van der Waals surface area contributed by atoms with E-state index in [4.69, 9.17) is 9.47 Å². The maximum atomic E-state index is 11.5. The highest BCUT2D eigenvalue weighted by molar-refractivity contribution is 14.1. The number of carbonyl (C=O) groups is 2. The van der Waals surface area contributed by atoms with E-state index >= 15 is 0 Å². The summed E-state index contributed by atoms with van der Waals surface area (Å²) in [5, 5.41) is 2.62. The van der Waals surface area contributed by atoms with Gasteiger partial charge in [0.1, 0.15) is 0 Å². The van der Waals surface area contributed by atoms with Gasteiger partial charge >= 0.3 is 12.1 Å². The molecule has 0 aliphatic heterocycles. The zero-order valence-electron chi connectivity index (χ0n) is 11.4. The summed E-state index contributed by atoms with van der Waals surface area (Å²) in [6.07, 6.45) is 1.01. The Morgan fingerprint density at radius 1 is 1.25 bits per heavy atom. The Hall–Kier alpha value is -1.31. The molecule has 20 heavy (non-hydrogen) atoms. The van der Waals surface area contributed by atoms with Crippen molar-refractivity contribution in [2.45, 2.75) is 26.2 Å². The molecule has 6 heteroatoms. The second-order valence-electron chi connectivity index (χ2n) is 4.10. The van der Waals surface area contributed by atoms with Crippen LogP contribution in [-0.4, -0.2) is 25.3 Å². The van der Waals surface area contributed by atoms with Crippen LogP contribution in [0.2, 0.25) is 0 Å². The zero-order chi connectivity index (χ0) is 14.8. The maximum Gasteiger partial charge on any atom is 0.411 e. The van der Waals surface area contributed by atoms with Gasteiger partial charge < -0.3 is 9.47 Å². The molecule has 1 rings (SSSR count). The molecule has 1 aromatic carbocycles. The monoisotopic (exact) mass is 391 g/mol. The van der Waals surface area contributed by atoms with Crippen LogP contribution in [0.5, 0.6) is 0 Å². The lowest BCUT2D eigenvalue weighted by atomic mass is 10.3. The van der Waals surface area contributed by atoms with Gasteiger partial charge in [-0.05, 0) is 53.6 Å². The van der Waals surface area contributed by atoms with Crippen molar-refractivity contribution in [2.75, 3.05) is 18.5 Å². The van der Waals surface area contributed by atoms with Crippen molar-refractivity contribution in [2.24, 2.45) is 0 Å². The summed E-state index contributed by atoms with van der Waals surface area (Å²) in [6, 6.07) is 7.40. The van der Waals surface area contributed by atoms with E-state index in [1.54, 1.807) is 6.07 Å². The van der Waals surface area contributed by atoms with Crippen molar-refractivity contribution < 1.29 is 19.1 Å². The minimum absolute atomic E-state index is 0.191. The third-order valence-corrected chi connectivity index (χ3v) is 2.97. The van der Waals surface area contributed by atoms with Crippen LogP contribution in [0.1, 0.15) is 26.2 Å². The number of rotatable bonds is 7. The van der Waals surface area contributed by atoms with Crippen LogP contribution in [0.25, 0.3) is 0 Å². The number of anilines is 1. The largest absolute Gasteiger partial charge is 0.466 e. The summed E-state index contributed by atoms with van der Waals surface area (Å²) >= 11 is 2.16. The average Bonchev–Trinajstić information content (AvgIpc) is 2.41.